The summed E-state index contributed by atoms with van der Waals surface area (Å²) in [5.74, 6) is -0.297. The number of hydrogen-bond donors (Lipinski definition) is 2. The molecule has 0 aliphatic carbocycles. The number of carbonyl (C=O) groups excluding carboxylic acids is 3. The molecule has 1 atom stereocenters. The number of para-hydroxylation sites is 1. The van der Waals surface area contributed by atoms with Gasteiger partial charge in [-0.3, -0.25) is 4.79 Å². The first-order valence-corrected chi connectivity index (χ1v) is 5.69. The molecule has 0 aromatic heterocycles. The monoisotopic (exact) mass is 263 g/mol. The largest absolute Gasteiger partial charge is 0.331 e. The maximum Gasteiger partial charge on any atom is 0.325 e. The Bertz CT molecular complexity index is 477. The minimum absolute atomic E-state index is 0.102. The molecule has 1 fully saturated rings. The quantitative estimate of drug-likeness (QED) is 0.738. The predicted molar refractivity (Wildman–Crippen MR) is 66.3 cm³/mol. The standard InChI is InChI=1S/C12H13N3O4/c16-7-6-13-11(18)15(9-4-2-1-3-5-9)12-14-10(17)8-19-12/h1-5,7,12H,6,8H2,(H,13,18)(H,14,17). The second-order valence-electron chi connectivity index (χ2n) is 3.79. The lowest BCUT2D eigenvalue weighted by Crippen LogP contribution is -2.52. The number of hydrogen-bond acceptors (Lipinski definition) is 4. The van der Waals surface area contributed by atoms with Gasteiger partial charge in [-0.15, -0.1) is 0 Å². The predicted octanol–water partition coefficient (Wildman–Crippen LogP) is -0.168. The van der Waals surface area contributed by atoms with E-state index in [2.05, 4.69) is 10.6 Å². The van der Waals surface area contributed by atoms with Gasteiger partial charge in [0.1, 0.15) is 12.9 Å². The number of ether oxygens (including phenoxy) is 1. The Morgan fingerprint density at radius 3 is 2.79 bits per heavy atom. The molecule has 2 rings (SSSR count). The number of nitrogens with zero attached hydrogens (tertiary/aromatic N) is 1. The number of carbonyl (C=O) groups is 3. The van der Waals surface area contributed by atoms with Crippen LogP contribution in [-0.4, -0.2) is 37.7 Å². The average Bonchev–Trinajstić information content (AvgIpc) is 2.84. The fraction of sp³-hybridized carbons (Fsp3) is 0.250. The van der Waals surface area contributed by atoms with Crippen LogP contribution in [0.25, 0.3) is 0 Å². The molecule has 3 amide bonds. The van der Waals surface area contributed by atoms with Gasteiger partial charge in [0.15, 0.2) is 0 Å². The second-order valence-corrected chi connectivity index (χ2v) is 3.79. The number of aldehydes is 1. The third-order valence-corrected chi connectivity index (χ3v) is 2.48. The van der Waals surface area contributed by atoms with Gasteiger partial charge in [-0.25, -0.2) is 9.69 Å². The van der Waals surface area contributed by atoms with Gasteiger partial charge < -0.3 is 20.2 Å². The Morgan fingerprint density at radius 2 is 2.21 bits per heavy atom. The van der Waals surface area contributed by atoms with E-state index in [1.807, 2.05) is 0 Å². The van der Waals surface area contributed by atoms with Crippen LogP contribution < -0.4 is 15.5 Å². The van der Waals surface area contributed by atoms with Crippen LogP contribution in [0.15, 0.2) is 30.3 Å². The van der Waals surface area contributed by atoms with Crippen LogP contribution in [0.1, 0.15) is 0 Å². The molecule has 0 bridgehead atoms. The number of amides is 3. The molecule has 0 spiro atoms. The van der Waals surface area contributed by atoms with Crippen molar-refractivity contribution in [2.24, 2.45) is 0 Å². The van der Waals surface area contributed by atoms with Crippen molar-refractivity contribution >= 4 is 23.9 Å². The Labute approximate surface area is 109 Å². The van der Waals surface area contributed by atoms with Crippen molar-refractivity contribution in [2.45, 2.75) is 6.35 Å². The van der Waals surface area contributed by atoms with E-state index in [-0.39, 0.29) is 19.1 Å². The summed E-state index contributed by atoms with van der Waals surface area (Å²) in [6, 6.07) is 8.20. The highest BCUT2D eigenvalue weighted by molar-refractivity contribution is 5.94. The molecule has 1 aliphatic heterocycles. The van der Waals surface area contributed by atoms with Crippen molar-refractivity contribution in [2.75, 3.05) is 18.1 Å². The van der Waals surface area contributed by atoms with Gasteiger partial charge in [0.05, 0.1) is 6.54 Å². The Balaban J connectivity index is 2.20. The van der Waals surface area contributed by atoms with Crippen LogP contribution in [0.5, 0.6) is 0 Å². The van der Waals surface area contributed by atoms with Gasteiger partial charge in [-0.2, -0.15) is 0 Å². The molecule has 0 radical (unpaired) electrons. The number of nitrogens with one attached hydrogen (secondary N) is 2. The minimum Gasteiger partial charge on any atom is -0.331 e. The topological polar surface area (TPSA) is 87.7 Å². The normalized spacial score (nSPS) is 17.7. The molecule has 1 aliphatic rings. The summed E-state index contributed by atoms with van der Waals surface area (Å²) in [4.78, 5) is 34.7. The van der Waals surface area contributed by atoms with Crippen molar-refractivity contribution in [3.05, 3.63) is 30.3 Å². The Morgan fingerprint density at radius 1 is 1.47 bits per heavy atom. The molecule has 2 N–H and O–H groups in total. The summed E-state index contributed by atoms with van der Waals surface area (Å²) in [5.41, 5.74) is 0.554. The van der Waals surface area contributed by atoms with Crippen LogP contribution in [0, 0.1) is 0 Å². The lowest BCUT2D eigenvalue weighted by atomic mass is 10.3. The van der Waals surface area contributed by atoms with Crippen molar-refractivity contribution < 1.29 is 19.1 Å². The van der Waals surface area contributed by atoms with Gasteiger partial charge >= 0.3 is 6.03 Å². The maximum atomic E-state index is 12.0. The van der Waals surface area contributed by atoms with E-state index < -0.39 is 12.4 Å². The molecule has 1 aromatic carbocycles. The van der Waals surface area contributed by atoms with Gasteiger partial charge in [0.25, 0.3) is 0 Å². The molecule has 19 heavy (non-hydrogen) atoms. The van der Waals surface area contributed by atoms with Gasteiger partial charge in [0.2, 0.25) is 12.3 Å². The number of rotatable bonds is 4. The van der Waals surface area contributed by atoms with E-state index in [4.69, 9.17) is 4.74 Å². The van der Waals surface area contributed by atoms with E-state index >= 15 is 0 Å². The first kappa shape index (κ1) is 13.0. The summed E-state index contributed by atoms with van der Waals surface area (Å²) in [5, 5.41) is 4.94. The molecule has 1 unspecified atom stereocenters. The van der Waals surface area contributed by atoms with E-state index in [1.165, 1.54) is 4.90 Å². The average molecular weight is 263 g/mol. The van der Waals surface area contributed by atoms with Crippen LogP contribution >= 0.6 is 0 Å². The number of benzene rings is 1. The zero-order valence-corrected chi connectivity index (χ0v) is 10.0. The van der Waals surface area contributed by atoms with Crippen molar-refractivity contribution in [1.29, 1.82) is 0 Å². The lowest BCUT2D eigenvalue weighted by molar-refractivity contribution is -0.119. The minimum atomic E-state index is -0.874. The smallest absolute Gasteiger partial charge is 0.325 e. The van der Waals surface area contributed by atoms with Crippen LogP contribution in [-0.2, 0) is 14.3 Å². The lowest BCUT2D eigenvalue weighted by Gasteiger charge is -2.27. The summed E-state index contributed by atoms with van der Waals surface area (Å²) >= 11 is 0. The highest BCUT2D eigenvalue weighted by atomic mass is 16.5. The molecule has 7 nitrogen and oxygen atoms in total. The van der Waals surface area contributed by atoms with E-state index in [0.717, 1.165) is 0 Å². The SMILES string of the molecule is O=CCNC(=O)N(c1ccccc1)C1NC(=O)CO1. The second kappa shape index (κ2) is 5.96. The number of anilines is 1. The molecular formula is C12H13N3O4. The molecular weight excluding hydrogens is 250 g/mol. The molecule has 7 heteroatoms. The van der Waals surface area contributed by atoms with Crippen LogP contribution in [0.4, 0.5) is 10.5 Å². The van der Waals surface area contributed by atoms with E-state index in [9.17, 15) is 14.4 Å². The first-order chi connectivity index (χ1) is 9.22. The third kappa shape index (κ3) is 3.08. The summed E-state index contributed by atoms with van der Waals surface area (Å²) < 4.78 is 5.20. The fourth-order valence-electron chi connectivity index (χ4n) is 1.68. The van der Waals surface area contributed by atoms with E-state index in [0.29, 0.717) is 12.0 Å². The van der Waals surface area contributed by atoms with Gasteiger partial charge in [-0.1, -0.05) is 18.2 Å². The van der Waals surface area contributed by atoms with Crippen LogP contribution in [0.2, 0.25) is 0 Å². The van der Waals surface area contributed by atoms with Crippen molar-refractivity contribution in [1.82, 2.24) is 10.6 Å². The van der Waals surface area contributed by atoms with Gasteiger partial charge in [-0.05, 0) is 12.1 Å². The van der Waals surface area contributed by atoms with Gasteiger partial charge in [0, 0.05) is 5.69 Å². The number of urea groups is 1. The third-order valence-electron chi connectivity index (χ3n) is 2.48. The zero-order chi connectivity index (χ0) is 13.7. The van der Waals surface area contributed by atoms with Crippen LogP contribution in [0.3, 0.4) is 0 Å². The zero-order valence-electron chi connectivity index (χ0n) is 10.0. The maximum absolute atomic E-state index is 12.0. The highest BCUT2D eigenvalue weighted by Crippen LogP contribution is 2.18. The summed E-state index contributed by atoms with van der Waals surface area (Å²) in [6.07, 6.45) is -0.295. The van der Waals surface area contributed by atoms with Crippen molar-refractivity contribution in [3.63, 3.8) is 0 Å². The van der Waals surface area contributed by atoms with Crippen molar-refractivity contribution in [3.8, 4) is 0 Å². The molecule has 1 heterocycles. The molecule has 0 saturated carbocycles. The Hall–Kier alpha value is -2.41. The fourth-order valence-corrected chi connectivity index (χ4v) is 1.68. The molecule has 1 aromatic rings. The Kier molecular flexibility index (Phi) is 4.09. The highest BCUT2D eigenvalue weighted by Gasteiger charge is 2.32. The summed E-state index contributed by atoms with van der Waals surface area (Å²) in [7, 11) is 0. The molecule has 1 saturated heterocycles. The first-order valence-electron chi connectivity index (χ1n) is 5.69. The summed E-state index contributed by atoms with van der Waals surface area (Å²) in [6.45, 7) is -0.211. The molecule has 100 valence electrons. The van der Waals surface area contributed by atoms with E-state index in [1.54, 1.807) is 30.3 Å².